The Morgan fingerprint density at radius 3 is 3.00 bits per heavy atom. The van der Waals surface area contributed by atoms with Gasteiger partial charge in [0.2, 0.25) is 0 Å². The summed E-state index contributed by atoms with van der Waals surface area (Å²) in [6, 6.07) is 7.73. The van der Waals surface area contributed by atoms with E-state index in [-0.39, 0.29) is 6.61 Å². The summed E-state index contributed by atoms with van der Waals surface area (Å²) in [4.78, 5) is 0. The zero-order chi connectivity index (χ0) is 8.55. The molecule has 0 atom stereocenters. The van der Waals surface area contributed by atoms with Gasteiger partial charge in [-0.15, -0.1) is 0 Å². The number of fused-ring (bicyclic) bond motifs is 1. The topological polar surface area (TPSA) is 33.4 Å². The molecular weight excluding hydrogens is 152 g/mol. The Morgan fingerprint density at radius 1 is 1.42 bits per heavy atom. The van der Waals surface area contributed by atoms with E-state index in [1.54, 1.807) is 0 Å². The summed E-state index contributed by atoms with van der Waals surface area (Å²) in [5, 5.41) is 10.0. The van der Waals surface area contributed by atoms with Crippen molar-refractivity contribution in [2.75, 3.05) is 0 Å². The van der Waals surface area contributed by atoms with E-state index in [1.165, 1.54) is 0 Å². The number of benzene rings is 1. The van der Waals surface area contributed by atoms with E-state index in [1.807, 2.05) is 31.2 Å². The van der Waals surface area contributed by atoms with Crippen LogP contribution in [0.1, 0.15) is 11.3 Å². The smallest absolute Gasteiger partial charge is 0.139 e. The Kier molecular flexibility index (Phi) is 1.62. The molecule has 1 aromatic heterocycles. The number of rotatable bonds is 1. The van der Waals surface area contributed by atoms with Gasteiger partial charge in [-0.2, -0.15) is 0 Å². The van der Waals surface area contributed by atoms with Crippen molar-refractivity contribution < 1.29 is 9.52 Å². The van der Waals surface area contributed by atoms with Gasteiger partial charge in [-0.05, 0) is 13.0 Å². The fourth-order valence-corrected chi connectivity index (χ4v) is 1.38. The first-order valence-electron chi connectivity index (χ1n) is 3.90. The minimum absolute atomic E-state index is 0.0320. The molecule has 0 amide bonds. The molecule has 2 nitrogen and oxygen atoms in total. The molecule has 1 heterocycles. The lowest BCUT2D eigenvalue weighted by atomic mass is 10.2. The third-order valence-corrected chi connectivity index (χ3v) is 1.92. The van der Waals surface area contributed by atoms with Crippen LogP contribution in [0.25, 0.3) is 11.0 Å². The van der Waals surface area contributed by atoms with E-state index >= 15 is 0 Å². The fourth-order valence-electron chi connectivity index (χ4n) is 1.38. The van der Waals surface area contributed by atoms with Crippen LogP contribution in [0.15, 0.2) is 28.7 Å². The summed E-state index contributed by atoms with van der Waals surface area (Å²) in [5.41, 5.74) is 1.65. The second-order valence-corrected chi connectivity index (χ2v) is 2.85. The van der Waals surface area contributed by atoms with Gasteiger partial charge >= 0.3 is 0 Å². The summed E-state index contributed by atoms with van der Waals surface area (Å²) >= 11 is 0. The molecule has 2 rings (SSSR count). The van der Waals surface area contributed by atoms with Gasteiger partial charge < -0.3 is 9.52 Å². The van der Waals surface area contributed by atoms with Crippen molar-refractivity contribution in [3.05, 3.63) is 35.6 Å². The van der Waals surface area contributed by atoms with Crippen LogP contribution in [0.4, 0.5) is 0 Å². The Balaban J connectivity index is 2.78. The van der Waals surface area contributed by atoms with Crippen molar-refractivity contribution in [1.82, 2.24) is 0 Å². The van der Waals surface area contributed by atoms with Crippen LogP contribution in [-0.4, -0.2) is 5.11 Å². The summed E-state index contributed by atoms with van der Waals surface area (Å²) in [6.45, 7) is 1.94. The van der Waals surface area contributed by atoms with Crippen LogP contribution in [0.2, 0.25) is 0 Å². The number of aliphatic hydroxyl groups is 1. The molecule has 62 valence electrons. The number of hydrogen-bond donors (Lipinski definition) is 1. The highest BCUT2D eigenvalue weighted by Gasteiger charge is 2.03. The van der Waals surface area contributed by atoms with Gasteiger partial charge in [-0.3, -0.25) is 0 Å². The molecule has 2 heteroatoms. The Bertz CT molecular complexity index is 401. The summed E-state index contributed by atoms with van der Waals surface area (Å²) in [7, 11) is 0. The van der Waals surface area contributed by atoms with Crippen molar-refractivity contribution in [1.29, 1.82) is 0 Å². The minimum atomic E-state index is 0.0320. The van der Waals surface area contributed by atoms with Gasteiger partial charge in [0.25, 0.3) is 0 Å². The lowest BCUT2D eigenvalue weighted by Gasteiger charge is -1.95. The summed E-state index contributed by atoms with van der Waals surface area (Å²) in [6.07, 6.45) is 0. The molecule has 0 unspecified atom stereocenters. The molecule has 0 spiro atoms. The molecular formula is C10H10O2. The van der Waals surface area contributed by atoms with Gasteiger partial charge in [-0.1, -0.05) is 18.2 Å². The monoisotopic (exact) mass is 162 g/mol. The molecule has 12 heavy (non-hydrogen) atoms. The van der Waals surface area contributed by atoms with Gasteiger partial charge in [0.05, 0.1) is 6.61 Å². The molecule has 0 fully saturated rings. The SMILES string of the molecule is Cc1cc2cccc(CO)c2o1. The normalized spacial score (nSPS) is 10.8. The maximum Gasteiger partial charge on any atom is 0.139 e. The van der Waals surface area contributed by atoms with Crippen LogP contribution < -0.4 is 0 Å². The van der Waals surface area contributed by atoms with Crippen molar-refractivity contribution >= 4 is 11.0 Å². The first kappa shape index (κ1) is 7.37. The largest absolute Gasteiger partial charge is 0.461 e. The average Bonchev–Trinajstić information content (AvgIpc) is 2.44. The van der Waals surface area contributed by atoms with Crippen LogP contribution in [0.3, 0.4) is 0 Å². The van der Waals surface area contributed by atoms with Crippen molar-refractivity contribution in [3.8, 4) is 0 Å². The summed E-state index contributed by atoms with van der Waals surface area (Å²) in [5.74, 6) is 0.880. The van der Waals surface area contributed by atoms with Gasteiger partial charge in [0, 0.05) is 10.9 Å². The van der Waals surface area contributed by atoms with E-state index in [2.05, 4.69) is 0 Å². The maximum atomic E-state index is 8.98. The van der Waals surface area contributed by atoms with Crippen molar-refractivity contribution in [3.63, 3.8) is 0 Å². The minimum Gasteiger partial charge on any atom is -0.461 e. The number of aryl methyl sites for hydroxylation is 1. The first-order valence-corrected chi connectivity index (χ1v) is 3.90. The third-order valence-electron chi connectivity index (χ3n) is 1.92. The van der Waals surface area contributed by atoms with Crippen LogP contribution in [-0.2, 0) is 6.61 Å². The average molecular weight is 162 g/mol. The van der Waals surface area contributed by atoms with Crippen molar-refractivity contribution in [2.24, 2.45) is 0 Å². The highest BCUT2D eigenvalue weighted by atomic mass is 16.3. The number of para-hydroxylation sites is 1. The molecule has 0 saturated heterocycles. The highest BCUT2D eigenvalue weighted by molar-refractivity contribution is 5.80. The molecule has 0 aliphatic heterocycles. The Morgan fingerprint density at radius 2 is 2.25 bits per heavy atom. The number of aliphatic hydroxyl groups excluding tert-OH is 1. The second-order valence-electron chi connectivity index (χ2n) is 2.85. The third kappa shape index (κ3) is 1.01. The van der Waals surface area contributed by atoms with Crippen LogP contribution in [0.5, 0.6) is 0 Å². The van der Waals surface area contributed by atoms with E-state index in [0.29, 0.717) is 0 Å². The van der Waals surface area contributed by atoms with Gasteiger partial charge in [0.15, 0.2) is 0 Å². The Labute approximate surface area is 70.4 Å². The highest BCUT2D eigenvalue weighted by Crippen LogP contribution is 2.22. The van der Waals surface area contributed by atoms with Gasteiger partial charge in [0.1, 0.15) is 11.3 Å². The van der Waals surface area contributed by atoms with E-state index in [9.17, 15) is 0 Å². The maximum absolute atomic E-state index is 8.98. The molecule has 0 radical (unpaired) electrons. The fraction of sp³-hybridized carbons (Fsp3) is 0.200. The predicted octanol–water partition coefficient (Wildman–Crippen LogP) is 2.23. The predicted molar refractivity (Wildman–Crippen MR) is 46.9 cm³/mol. The van der Waals surface area contributed by atoms with E-state index < -0.39 is 0 Å². The van der Waals surface area contributed by atoms with Crippen molar-refractivity contribution in [2.45, 2.75) is 13.5 Å². The molecule has 1 aromatic carbocycles. The molecule has 1 N–H and O–H groups in total. The number of furan rings is 1. The first-order chi connectivity index (χ1) is 5.81. The Hall–Kier alpha value is -1.28. The lowest BCUT2D eigenvalue weighted by molar-refractivity contribution is 0.281. The molecule has 0 aliphatic carbocycles. The summed E-state index contributed by atoms with van der Waals surface area (Å²) < 4.78 is 5.43. The molecule has 0 bridgehead atoms. The van der Waals surface area contributed by atoms with E-state index in [4.69, 9.17) is 9.52 Å². The molecule has 2 aromatic rings. The number of hydrogen-bond acceptors (Lipinski definition) is 2. The standard InChI is InChI=1S/C10H10O2/c1-7-5-8-3-2-4-9(6-11)10(8)12-7/h2-5,11H,6H2,1H3. The molecule has 0 aliphatic rings. The van der Waals surface area contributed by atoms with Gasteiger partial charge in [-0.25, -0.2) is 0 Å². The van der Waals surface area contributed by atoms with E-state index in [0.717, 1.165) is 22.3 Å². The van der Waals surface area contributed by atoms with Crippen LogP contribution in [0, 0.1) is 6.92 Å². The molecule has 0 saturated carbocycles. The zero-order valence-electron chi connectivity index (χ0n) is 6.87. The second kappa shape index (κ2) is 2.64. The zero-order valence-corrected chi connectivity index (χ0v) is 6.87. The van der Waals surface area contributed by atoms with Crippen LogP contribution >= 0.6 is 0 Å². The lowest BCUT2D eigenvalue weighted by Crippen LogP contribution is -1.81. The quantitative estimate of drug-likeness (QED) is 0.697.